The molecular weight excluding hydrogens is 324 g/mol. The minimum Gasteiger partial charge on any atom is -0.480 e. The van der Waals surface area contributed by atoms with Crippen LogP contribution in [0.25, 0.3) is 0 Å². The van der Waals surface area contributed by atoms with Crippen molar-refractivity contribution in [2.45, 2.75) is 45.1 Å². The molecule has 0 unspecified atom stereocenters. The molecule has 0 radical (unpaired) electrons. The van der Waals surface area contributed by atoms with Crippen molar-refractivity contribution in [2.24, 2.45) is 0 Å². The quantitative estimate of drug-likeness (QED) is 0.889. The summed E-state index contributed by atoms with van der Waals surface area (Å²) in [5.41, 5.74) is 1.17. The molecule has 3 rings (SSSR count). The highest BCUT2D eigenvalue weighted by Crippen LogP contribution is 2.28. The van der Waals surface area contributed by atoms with Gasteiger partial charge in [-0.1, -0.05) is 19.0 Å². The third-order valence-electron chi connectivity index (χ3n) is 4.48. The van der Waals surface area contributed by atoms with E-state index in [9.17, 15) is 9.59 Å². The Hall–Kier alpha value is -2.64. The summed E-state index contributed by atoms with van der Waals surface area (Å²) in [6, 6.07) is 3.53. The first-order valence-electron chi connectivity index (χ1n) is 8.45. The van der Waals surface area contributed by atoms with Crippen LogP contribution in [0.1, 0.15) is 60.5 Å². The van der Waals surface area contributed by atoms with E-state index in [-0.39, 0.29) is 24.3 Å². The molecule has 0 saturated carbocycles. The number of likely N-dealkylation sites (tertiary alicyclic amines) is 1. The molecule has 0 aliphatic carbocycles. The normalized spacial score (nSPS) is 17.9. The van der Waals surface area contributed by atoms with Gasteiger partial charge in [-0.2, -0.15) is 5.10 Å². The first-order chi connectivity index (χ1) is 12.0. The second-order valence-corrected chi connectivity index (χ2v) is 6.67. The predicted octanol–water partition coefficient (Wildman–Crippen LogP) is 2.10. The molecule has 2 aromatic heterocycles. The highest BCUT2D eigenvalue weighted by atomic mass is 16.5. The zero-order chi connectivity index (χ0) is 18.0. The Morgan fingerprint density at radius 2 is 2.24 bits per heavy atom. The summed E-state index contributed by atoms with van der Waals surface area (Å²) < 4.78 is 6.72. The Labute approximate surface area is 145 Å². The van der Waals surface area contributed by atoms with Gasteiger partial charge < -0.3 is 14.5 Å². The van der Waals surface area contributed by atoms with E-state index >= 15 is 0 Å². The summed E-state index contributed by atoms with van der Waals surface area (Å²) in [6.07, 6.45) is 3.35. The lowest BCUT2D eigenvalue weighted by molar-refractivity contribution is -0.137. The van der Waals surface area contributed by atoms with Crippen molar-refractivity contribution in [1.29, 1.82) is 0 Å². The molecule has 2 aromatic rings. The summed E-state index contributed by atoms with van der Waals surface area (Å²) in [4.78, 5) is 25.4. The van der Waals surface area contributed by atoms with Crippen LogP contribution in [0.3, 0.4) is 0 Å². The van der Waals surface area contributed by atoms with Crippen LogP contribution in [0.2, 0.25) is 0 Å². The number of rotatable bonds is 5. The number of carbonyl (C=O) groups is 2. The average molecular weight is 346 g/mol. The molecule has 1 N–H and O–H groups in total. The van der Waals surface area contributed by atoms with E-state index < -0.39 is 5.97 Å². The number of aliphatic carboxylic acids is 1. The maximum absolute atomic E-state index is 12.7. The van der Waals surface area contributed by atoms with Crippen molar-refractivity contribution in [2.75, 3.05) is 13.1 Å². The SMILES string of the molecule is CC(C)c1cc(C(=O)N2CCC[C@H](c3ccnn3CC(=O)O)C2)no1. The number of piperidine rings is 1. The predicted molar refractivity (Wildman–Crippen MR) is 88.3 cm³/mol. The zero-order valence-electron chi connectivity index (χ0n) is 14.4. The van der Waals surface area contributed by atoms with Crippen molar-refractivity contribution in [3.63, 3.8) is 0 Å². The molecule has 0 bridgehead atoms. The molecular formula is C17H22N4O4. The molecule has 1 saturated heterocycles. The van der Waals surface area contributed by atoms with E-state index in [0.29, 0.717) is 24.5 Å². The molecule has 0 aromatic carbocycles. The number of carbonyl (C=O) groups excluding carboxylic acids is 1. The first-order valence-corrected chi connectivity index (χ1v) is 8.45. The number of amides is 1. The summed E-state index contributed by atoms with van der Waals surface area (Å²) >= 11 is 0. The highest BCUT2D eigenvalue weighted by Gasteiger charge is 2.29. The fourth-order valence-electron chi connectivity index (χ4n) is 3.18. The number of aromatic nitrogens is 3. The number of hydrogen-bond donors (Lipinski definition) is 1. The fraction of sp³-hybridized carbons (Fsp3) is 0.529. The minimum absolute atomic E-state index is 0.0658. The largest absolute Gasteiger partial charge is 0.480 e. The number of carboxylic acids is 1. The Balaban J connectivity index is 1.73. The molecule has 8 nitrogen and oxygen atoms in total. The van der Waals surface area contributed by atoms with Gasteiger partial charge in [0.1, 0.15) is 12.3 Å². The van der Waals surface area contributed by atoms with Crippen LogP contribution in [0.15, 0.2) is 22.9 Å². The second kappa shape index (κ2) is 7.08. The molecule has 1 aliphatic heterocycles. The molecule has 1 aliphatic rings. The van der Waals surface area contributed by atoms with Crippen LogP contribution in [0.5, 0.6) is 0 Å². The molecule has 3 heterocycles. The lowest BCUT2D eigenvalue weighted by Gasteiger charge is -2.32. The monoisotopic (exact) mass is 346 g/mol. The van der Waals surface area contributed by atoms with Crippen molar-refractivity contribution >= 4 is 11.9 Å². The van der Waals surface area contributed by atoms with E-state index in [4.69, 9.17) is 9.63 Å². The second-order valence-electron chi connectivity index (χ2n) is 6.67. The fourth-order valence-corrected chi connectivity index (χ4v) is 3.18. The molecule has 1 amide bonds. The van der Waals surface area contributed by atoms with Crippen molar-refractivity contribution < 1.29 is 19.2 Å². The van der Waals surface area contributed by atoms with Gasteiger partial charge in [-0.05, 0) is 18.9 Å². The van der Waals surface area contributed by atoms with Crippen LogP contribution in [0, 0.1) is 0 Å². The van der Waals surface area contributed by atoms with E-state index in [1.807, 2.05) is 19.9 Å². The van der Waals surface area contributed by atoms with Gasteiger partial charge in [0.2, 0.25) is 0 Å². The number of nitrogens with zero attached hydrogens (tertiary/aromatic N) is 4. The minimum atomic E-state index is -0.933. The topological polar surface area (TPSA) is 101 Å². The van der Waals surface area contributed by atoms with Crippen molar-refractivity contribution in [3.05, 3.63) is 35.5 Å². The maximum atomic E-state index is 12.7. The number of hydrogen-bond acceptors (Lipinski definition) is 5. The van der Waals surface area contributed by atoms with Gasteiger partial charge in [0, 0.05) is 42.9 Å². The Kier molecular flexibility index (Phi) is 4.87. The van der Waals surface area contributed by atoms with Gasteiger partial charge in [0.15, 0.2) is 5.69 Å². The average Bonchev–Trinajstić information content (AvgIpc) is 3.23. The third-order valence-corrected chi connectivity index (χ3v) is 4.48. The smallest absolute Gasteiger partial charge is 0.325 e. The molecule has 134 valence electrons. The van der Waals surface area contributed by atoms with Gasteiger partial charge >= 0.3 is 5.97 Å². The molecule has 1 atom stereocenters. The number of carboxylic acid groups (broad SMARTS) is 1. The van der Waals surface area contributed by atoms with Crippen LogP contribution in [-0.4, -0.2) is 49.9 Å². The standard InChI is InChI=1S/C17H22N4O4/c1-11(2)15-8-13(19-25-15)17(24)20-7-3-4-12(9-20)14-5-6-18-21(14)10-16(22)23/h5-6,8,11-12H,3-4,7,9-10H2,1-2H3,(H,22,23)/t12-/m0/s1. The maximum Gasteiger partial charge on any atom is 0.325 e. The van der Waals surface area contributed by atoms with E-state index in [0.717, 1.165) is 18.5 Å². The Morgan fingerprint density at radius 1 is 1.44 bits per heavy atom. The van der Waals surface area contributed by atoms with Gasteiger partial charge in [0.25, 0.3) is 5.91 Å². The molecule has 0 spiro atoms. The van der Waals surface area contributed by atoms with Crippen LogP contribution in [0.4, 0.5) is 0 Å². The lowest BCUT2D eigenvalue weighted by atomic mass is 9.94. The van der Waals surface area contributed by atoms with Crippen molar-refractivity contribution in [3.8, 4) is 0 Å². The van der Waals surface area contributed by atoms with E-state index in [1.165, 1.54) is 4.68 Å². The van der Waals surface area contributed by atoms with E-state index in [2.05, 4.69) is 10.3 Å². The zero-order valence-corrected chi connectivity index (χ0v) is 14.4. The van der Waals surface area contributed by atoms with Crippen LogP contribution >= 0.6 is 0 Å². The summed E-state index contributed by atoms with van der Waals surface area (Å²) in [6.45, 7) is 4.97. The summed E-state index contributed by atoms with van der Waals surface area (Å²) in [5, 5.41) is 17.0. The molecule has 1 fully saturated rings. The summed E-state index contributed by atoms with van der Waals surface area (Å²) in [5.74, 6) is -0.150. The lowest BCUT2D eigenvalue weighted by Crippen LogP contribution is -2.39. The first kappa shape index (κ1) is 17.2. The Morgan fingerprint density at radius 3 is 2.92 bits per heavy atom. The third kappa shape index (κ3) is 3.72. The highest BCUT2D eigenvalue weighted by molar-refractivity contribution is 5.92. The van der Waals surface area contributed by atoms with Crippen LogP contribution in [-0.2, 0) is 11.3 Å². The Bertz CT molecular complexity index is 764. The van der Waals surface area contributed by atoms with Gasteiger partial charge in [-0.25, -0.2) is 0 Å². The van der Waals surface area contributed by atoms with Crippen molar-refractivity contribution in [1.82, 2.24) is 19.8 Å². The van der Waals surface area contributed by atoms with Crippen LogP contribution < -0.4 is 0 Å². The molecule has 25 heavy (non-hydrogen) atoms. The van der Waals surface area contributed by atoms with Gasteiger partial charge in [0.05, 0.1) is 0 Å². The van der Waals surface area contributed by atoms with E-state index in [1.54, 1.807) is 17.2 Å². The summed E-state index contributed by atoms with van der Waals surface area (Å²) in [7, 11) is 0. The molecule has 8 heteroatoms. The van der Waals surface area contributed by atoms with Gasteiger partial charge in [-0.15, -0.1) is 0 Å². The van der Waals surface area contributed by atoms with Gasteiger partial charge in [-0.3, -0.25) is 14.3 Å².